The number of amides is 1. The number of benzene rings is 1. The van der Waals surface area contributed by atoms with Crippen LogP contribution in [0.25, 0.3) is 0 Å². The first-order valence-corrected chi connectivity index (χ1v) is 5.94. The molecule has 0 fully saturated rings. The van der Waals surface area contributed by atoms with E-state index in [1.54, 1.807) is 24.3 Å². The molecule has 1 aromatic carbocycles. The lowest BCUT2D eigenvalue weighted by Crippen LogP contribution is -2.41. The van der Waals surface area contributed by atoms with E-state index in [9.17, 15) is 18.0 Å². The number of aliphatic hydroxyl groups is 1. The van der Waals surface area contributed by atoms with E-state index in [0.717, 1.165) is 0 Å². The van der Waals surface area contributed by atoms with E-state index in [0.29, 0.717) is 16.2 Å². The van der Waals surface area contributed by atoms with Gasteiger partial charge in [-0.15, -0.1) is 0 Å². The van der Waals surface area contributed by atoms with Gasteiger partial charge in [-0.1, -0.05) is 12.1 Å². The molecule has 0 aliphatic rings. The van der Waals surface area contributed by atoms with Crippen LogP contribution in [0, 0.1) is 0 Å². The Kier molecular flexibility index (Phi) is 5.82. The number of rotatable bonds is 6. The fraction of sp³-hybridized carbons (Fsp3) is 0.462. The van der Waals surface area contributed by atoms with Crippen LogP contribution in [-0.2, 0) is 11.2 Å². The van der Waals surface area contributed by atoms with Crippen LogP contribution in [0.5, 0.6) is 5.75 Å². The molecule has 7 heteroatoms. The summed E-state index contributed by atoms with van der Waals surface area (Å²) >= 11 is 0. The summed E-state index contributed by atoms with van der Waals surface area (Å²) in [6.07, 6.45) is -4.66. The van der Waals surface area contributed by atoms with Crippen LogP contribution in [0.3, 0.4) is 0 Å². The smallest absolute Gasteiger partial charge is 0.406 e. The molecular weight excluding hydrogens is 275 g/mol. The molecule has 0 aliphatic carbocycles. The van der Waals surface area contributed by atoms with E-state index in [1.165, 1.54) is 7.11 Å². The number of methoxy groups -OCH3 is 1. The van der Waals surface area contributed by atoms with Gasteiger partial charge in [-0.2, -0.15) is 13.2 Å². The summed E-state index contributed by atoms with van der Waals surface area (Å²) in [5.41, 5.74) is 0.555. The van der Waals surface area contributed by atoms with Crippen molar-refractivity contribution in [1.29, 1.82) is 0 Å². The average molecular weight is 291 g/mol. The van der Waals surface area contributed by atoms with Crippen LogP contribution < -0.4 is 4.74 Å². The van der Waals surface area contributed by atoms with Gasteiger partial charge in [0.25, 0.3) is 0 Å². The molecule has 20 heavy (non-hydrogen) atoms. The van der Waals surface area contributed by atoms with Crippen LogP contribution in [0.15, 0.2) is 24.3 Å². The molecule has 0 saturated heterocycles. The Labute approximate surface area is 114 Å². The minimum Gasteiger partial charge on any atom is -0.497 e. The summed E-state index contributed by atoms with van der Waals surface area (Å²) in [7, 11) is 1.46. The van der Waals surface area contributed by atoms with Gasteiger partial charge < -0.3 is 14.7 Å². The molecular formula is C13H16F3NO3. The number of ether oxygens (including phenoxy) is 1. The normalized spacial score (nSPS) is 11.2. The molecule has 1 rings (SSSR count). The van der Waals surface area contributed by atoms with Crippen LogP contribution >= 0.6 is 0 Å². The molecule has 112 valence electrons. The van der Waals surface area contributed by atoms with Crippen molar-refractivity contribution in [1.82, 2.24) is 4.90 Å². The highest BCUT2D eigenvalue weighted by Gasteiger charge is 2.32. The number of alkyl halides is 3. The molecule has 0 aromatic heterocycles. The third-order valence-corrected chi connectivity index (χ3v) is 2.58. The maximum atomic E-state index is 12.4. The van der Waals surface area contributed by atoms with Crippen molar-refractivity contribution in [2.45, 2.75) is 12.6 Å². The Bertz CT molecular complexity index is 449. The van der Waals surface area contributed by atoms with Gasteiger partial charge in [0, 0.05) is 6.54 Å². The minimum atomic E-state index is -4.49. The number of aliphatic hydroxyl groups excluding tert-OH is 1. The van der Waals surface area contributed by atoms with E-state index in [4.69, 9.17) is 9.84 Å². The lowest BCUT2D eigenvalue weighted by molar-refractivity contribution is -0.161. The van der Waals surface area contributed by atoms with Crippen molar-refractivity contribution in [3.05, 3.63) is 29.8 Å². The number of hydrogen-bond acceptors (Lipinski definition) is 3. The average Bonchev–Trinajstić information content (AvgIpc) is 2.37. The molecule has 0 heterocycles. The Balaban J connectivity index is 2.74. The fourth-order valence-corrected chi connectivity index (χ4v) is 1.70. The van der Waals surface area contributed by atoms with Crippen LogP contribution in [0.4, 0.5) is 13.2 Å². The highest BCUT2D eigenvalue weighted by molar-refractivity contribution is 5.79. The summed E-state index contributed by atoms with van der Waals surface area (Å²) in [4.78, 5) is 12.5. The molecule has 0 saturated carbocycles. The molecule has 0 unspecified atom stereocenters. The van der Waals surface area contributed by atoms with Crippen molar-refractivity contribution >= 4 is 5.91 Å². The van der Waals surface area contributed by atoms with Crippen molar-refractivity contribution in [2.75, 3.05) is 26.8 Å². The Morgan fingerprint density at radius 3 is 2.65 bits per heavy atom. The predicted octanol–water partition coefficient (Wildman–Crippen LogP) is 1.62. The number of halogens is 3. The standard InChI is InChI=1S/C13H16F3NO3/c1-20-11-4-2-3-10(7-11)8-12(19)17(5-6-18)9-13(14,15)16/h2-4,7,18H,5-6,8-9H2,1H3. The summed E-state index contributed by atoms with van der Waals surface area (Å²) in [5, 5.41) is 8.75. The van der Waals surface area contributed by atoms with Crippen molar-refractivity contribution in [3.63, 3.8) is 0 Å². The van der Waals surface area contributed by atoms with Gasteiger partial charge in [0.15, 0.2) is 0 Å². The second-order valence-electron chi connectivity index (χ2n) is 4.18. The van der Waals surface area contributed by atoms with E-state index >= 15 is 0 Å². The van der Waals surface area contributed by atoms with Crippen molar-refractivity contribution < 1.29 is 27.8 Å². The molecule has 0 radical (unpaired) electrons. The second kappa shape index (κ2) is 7.14. The lowest BCUT2D eigenvalue weighted by atomic mass is 10.1. The molecule has 0 atom stereocenters. The predicted molar refractivity (Wildman–Crippen MR) is 66.4 cm³/mol. The van der Waals surface area contributed by atoms with Gasteiger partial charge in [-0.3, -0.25) is 4.79 Å². The topological polar surface area (TPSA) is 49.8 Å². The zero-order valence-electron chi connectivity index (χ0n) is 11.0. The SMILES string of the molecule is COc1cccc(CC(=O)N(CCO)CC(F)(F)F)c1. The van der Waals surface area contributed by atoms with Gasteiger partial charge in [-0.05, 0) is 17.7 Å². The summed E-state index contributed by atoms with van der Waals surface area (Å²) in [6, 6.07) is 6.55. The maximum Gasteiger partial charge on any atom is 0.406 e. The summed E-state index contributed by atoms with van der Waals surface area (Å²) in [5.74, 6) is -0.163. The van der Waals surface area contributed by atoms with Gasteiger partial charge in [0.2, 0.25) is 5.91 Å². The lowest BCUT2D eigenvalue weighted by Gasteiger charge is -2.23. The van der Waals surface area contributed by atoms with Crippen LogP contribution in [0.1, 0.15) is 5.56 Å². The molecule has 0 aliphatic heterocycles. The van der Waals surface area contributed by atoms with Gasteiger partial charge in [0.1, 0.15) is 12.3 Å². The first kappa shape index (κ1) is 16.3. The molecule has 1 amide bonds. The molecule has 0 spiro atoms. The van der Waals surface area contributed by atoms with Crippen LogP contribution in [0.2, 0.25) is 0 Å². The number of carbonyl (C=O) groups excluding carboxylic acids is 1. The Morgan fingerprint density at radius 2 is 2.10 bits per heavy atom. The van der Waals surface area contributed by atoms with E-state index < -0.39 is 25.2 Å². The third kappa shape index (κ3) is 5.48. The highest BCUT2D eigenvalue weighted by atomic mass is 19.4. The van der Waals surface area contributed by atoms with Gasteiger partial charge in [-0.25, -0.2) is 0 Å². The highest BCUT2D eigenvalue weighted by Crippen LogP contribution is 2.18. The number of nitrogens with zero attached hydrogens (tertiary/aromatic N) is 1. The Hall–Kier alpha value is -1.76. The Morgan fingerprint density at radius 1 is 1.40 bits per heavy atom. The maximum absolute atomic E-state index is 12.4. The largest absolute Gasteiger partial charge is 0.497 e. The zero-order valence-corrected chi connectivity index (χ0v) is 11.0. The molecule has 1 N–H and O–H groups in total. The van der Waals surface area contributed by atoms with E-state index in [1.807, 2.05) is 0 Å². The van der Waals surface area contributed by atoms with Gasteiger partial charge in [0.05, 0.1) is 20.1 Å². The van der Waals surface area contributed by atoms with E-state index in [-0.39, 0.29) is 13.0 Å². The zero-order chi connectivity index (χ0) is 15.2. The van der Waals surface area contributed by atoms with E-state index in [2.05, 4.69) is 0 Å². The third-order valence-electron chi connectivity index (χ3n) is 2.58. The van der Waals surface area contributed by atoms with Gasteiger partial charge >= 0.3 is 6.18 Å². The molecule has 0 bridgehead atoms. The second-order valence-corrected chi connectivity index (χ2v) is 4.18. The minimum absolute atomic E-state index is 0.173. The number of hydrogen-bond donors (Lipinski definition) is 1. The first-order valence-electron chi connectivity index (χ1n) is 5.94. The van der Waals surface area contributed by atoms with Crippen LogP contribution in [-0.4, -0.2) is 48.9 Å². The molecule has 1 aromatic rings. The number of carbonyl (C=O) groups is 1. The summed E-state index contributed by atoms with van der Waals surface area (Å²) < 4.78 is 42.0. The first-order chi connectivity index (χ1) is 9.35. The molecule has 4 nitrogen and oxygen atoms in total. The van der Waals surface area contributed by atoms with Crippen molar-refractivity contribution in [2.24, 2.45) is 0 Å². The summed E-state index contributed by atoms with van der Waals surface area (Å²) in [6.45, 7) is -2.22. The van der Waals surface area contributed by atoms with Crippen molar-refractivity contribution in [3.8, 4) is 5.75 Å². The monoisotopic (exact) mass is 291 g/mol. The quantitative estimate of drug-likeness (QED) is 0.866. The fourth-order valence-electron chi connectivity index (χ4n) is 1.70.